The molecule has 19 heavy (non-hydrogen) atoms. The Morgan fingerprint density at radius 3 is 2.79 bits per heavy atom. The summed E-state index contributed by atoms with van der Waals surface area (Å²) in [5.41, 5.74) is 4.01. The summed E-state index contributed by atoms with van der Waals surface area (Å²) in [4.78, 5) is 8.14. The molecule has 2 aromatic heterocycles. The summed E-state index contributed by atoms with van der Waals surface area (Å²) in [6, 6.07) is 0.771. The Labute approximate surface area is 108 Å². The standard InChI is InChI=1S/C12H13F2N5/c13-7-5-8(14)12(17-11(7)18-15)19-6-16-9-3-1-2-4-10(9)19/h5-6H,1-4,15H2,(H,17,18). The van der Waals surface area contributed by atoms with E-state index in [2.05, 4.69) is 15.4 Å². The summed E-state index contributed by atoms with van der Waals surface area (Å²) >= 11 is 0. The molecule has 0 saturated carbocycles. The molecule has 5 nitrogen and oxygen atoms in total. The number of aryl methyl sites for hydroxylation is 1. The minimum atomic E-state index is -0.822. The quantitative estimate of drug-likeness (QED) is 0.640. The van der Waals surface area contributed by atoms with Crippen LogP contribution in [-0.2, 0) is 12.8 Å². The molecule has 0 atom stereocenters. The Balaban J connectivity index is 2.14. The Kier molecular flexibility index (Phi) is 2.90. The molecule has 1 aliphatic carbocycles. The smallest absolute Gasteiger partial charge is 0.178 e. The van der Waals surface area contributed by atoms with E-state index in [0.29, 0.717) is 0 Å². The highest BCUT2D eigenvalue weighted by Crippen LogP contribution is 2.25. The summed E-state index contributed by atoms with van der Waals surface area (Å²) in [6.07, 6.45) is 5.34. The van der Waals surface area contributed by atoms with E-state index in [9.17, 15) is 8.78 Å². The molecule has 0 aromatic carbocycles. The lowest BCUT2D eigenvalue weighted by Gasteiger charge is -2.14. The van der Waals surface area contributed by atoms with Gasteiger partial charge in [0.1, 0.15) is 6.33 Å². The van der Waals surface area contributed by atoms with E-state index in [0.717, 1.165) is 43.1 Å². The molecular weight excluding hydrogens is 252 g/mol. The van der Waals surface area contributed by atoms with Crippen LogP contribution in [0.5, 0.6) is 0 Å². The number of hydrazine groups is 1. The van der Waals surface area contributed by atoms with Crippen molar-refractivity contribution < 1.29 is 8.78 Å². The number of fused-ring (bicyclic) bond motifs is 1. The van der Waals surface area contributed by atoms with Crippen LogP contribution in [0.4, 0.5) is 14.6 Å². The maximum absolute atomic E-state index is 13.9. The Morgan fingerprint density at radius 2 is 2.00 bits per heavy atom. The van der Waals surface area contributed by atoms with Crippen molar-refractivity contribution in [2.45, 2.75) is 25.7 Å². The van der Waals surface area contributed by atoms with Crippen LogP contribution in [-0.4, -0.2) is 14.5 Å². The van der Waals surface area contributed by atoms with E-state index in [-0.39, 0.29) is 11.6 Å². The predicted molar refractivity (Wildman–Crippen MR) is 65.7 cm³/mol. The van der Waals surface area contributed by atoms with Crippen molar-refractivity contribution in [2.75, 3.05) is 5.43 Å². The van der Waals surface area contributed by atoms with Crippen molar-refractivity contribution >= 4 is 5.82 Å². The number of halogens is 2. The molecule has 0 bridgehead atoms. The predicted octanol–water partition coefficient (Wildman–Crippen LogP) is 1.71. The maximum Gasteiger partial charge on any atom is 0.178 e. The van der Waals surface area contributed by atoms with E-state index in [4.69, 9.17) is 5.84 Å². The van der Waals surface area contributed by atoms with E-state index in [1.165, 1.54) is 6.33 Å². The molecule has 3 N–H and O–H groups in total. The molecule has 0 radical (unpaired) electrons. The summed E-state index contributed by atoms with van der Waals surface area (Å²) < 4.78 is 28.8. The monoisotopic (exact) mass is 265 g/mol. The van der Waals surface area contributed by atoms with E-state index in [1.807, 2.05) is 0 Å². The van der Waals surface area contributed by atoms with Gasteiger partial charge in [-0.3, -0.25) is 4.57 Å². The van der Waals surface area contributed by atoms with Crippen molar-refractivity contribution in [1.82, 2.24) is 14.5 Å². The van der Waals surface area contributed by atoms with Gasteiger partial charge in [-0.1, -0.05) is 0 Å². The number of nitrogens with two attached hydrogens (primary N) is 1. The number of nitrogen functional groups attached to an aromatic ring is 1. The molecule has 0 amide bonds. The summed E-state index contributed by atoms with van der Waals surface area (Å²) in [7, 11) is 0. The van der Waals surface area contributed by atoms with Crippen LogP contribution < -0.4 is 11.3 Å². The Morgan fingerprint density at radius 1 is 1.21 bits per heavy atom. The van der Waals surface area contributed by atoms with Gasteiger partial charge in [0.25, 0.3) is 0 Å². The van der Waals surface area contributed by atoms with E-state index in [1.54, 1.807) is 4.57 Å². The van der Waals surface area contributed by atoms with Gasteiger partial charge < -0.3 is 5.43 Å². The number of nitrogens with one attached hydrogen (secondary N) is 1. The molecular formula is C12H13F2N5. The molecule has 0 fully saturated rings. The van der Waals surface area contributed by atoms with Crippen LogP contribution in [0, 0.1) is 11.6 Å². The van der Waals surface area contributed by atoms with Crippen LogP contribution in [0.2, 0.25) is 0 Å². The van der Waals surface area contributed by atoms with Crippen LogP contribution in [0.15, 0.2) is 12.4 Å². The van der Waals surface area contributed by atoms with Gasteiger partial charge in [-0.2, -0.15) is 0 Å². The SMILES string of the molecule is NNc1nc(-n2cnc3c2CCCC3)c(F)cc1F. The number of aromatic nitrogens is 3. The van der Waals surface area contributed by atoms with Crippen molar-refractivity contribution in [3.8, 4) is 5.82 Å². The topological polar surface area (TPSA) is 68.8 Å². The second kappa shape index (κ2) is 4.58. The third-order valence-electron chi connectivity index (χ3n) is 3.31. The minimum absolute atomic E-state index is 0.0185. The lowest BCUT2D eigenvalue weighted by molar-refractivity contribution is 0.564. The first-order valence-corrected chi connectivity index (χ1v) is 6.09. The molecule has 7 heteroatoms. The molecule has 2 heterocycles. The van der Waals surface area contributed by atoms with Gasteiger partial charge in [-0.15, -0.1) is 0 Å². The van der Waals surface area contributed by atoms with E-state index >= 15 is 0 Å². The van der Waals surface area contributed by atoms with Crippen molar-refractivity contribution in [3.05, 3.63) is 35.4 Å². The zero-order valence-corrected chi connectivity index (χ0v) is 10.2. The molecule has 100 valence electrons. The fraction of sp³-hybridized carbons (Fsp3) is 0.333. The third-order valence-corrected chi connectivity index (χ3v) is 3.31. The highest BCUT2D eigenvalue weighted by atomic mass is 19.1. The summed E-state index contributed by atoms with van der Waals surface area (Å²) in [6.45, 7) is 0. The van der Waals surface area contributed by atoms with Gasteiger partial charge in [-0.05, 0) is 25.7 Å². The summed E-state index contributed by atoms with van der Waals surface area (Å²) in [5, 5.41) is 0. The molecule has 0 unspecified atom stereocenters. The van der Waals surface area contributed by atoms with Crippen LogP contribution in [0.3, 0.4) is 0 Å². The molecule has 1 aliphatic rings. The minimum Gasteiger partial charge on any atom is -0.306 e. The third kappa shape index (κ3) is 1.95. The lowest BCUT2D eigenvalue weighted by Crippen LogP contribution is -2.15. The second-order valence-corrected chi connectivity index (χ2v) is 4.48. The lowest BCUT2D eigenvalue weighted by atomic mass is 10.0. The average Bonchev–Trinajstić information content (AvgIpc) is 2.83. The maximum atomic E-state index is 13.9. The highest BCUT2D eigenvalue weighted by molar-refractivity contribution is 5.42. The Hall–Kier alpha value is -2.02. The number of pyridine rings is 1. The fourth-order valence-electron chi connectivity index (χ4n) is 2.38. The first-order valence-electron chi connectivity index (χ1n) is 6.09. The van der Waals surface area contributed by atoms with Crippen molar-refractivity contribution in [1.29, 1.82) is 0 Å². The number of hydrogen-bond acceptors (Lipinski definition) is 4. The van der Waals surface area contributed by atoms with Crippen LogP contribution in [0.25, 0.3) is 5.82 Å². The van der Waals surface area contributed by atoms with Gasteiger partial charge in [0, 0.05) is 11.8 Å². The average molecular weight is 265 g/mol. The number of imidazole rings is 1. The first kappa shape index (κ1) is 12.0. The highest BCUT2D eigenvalue weighted by Gasteiger charge is 2.20. The van der Waals surface area contributed by atoms with Crippen LogP contribution in [0.1, 0.15) is 24.2 Å². The zero-order valence-electron chi connectivity index (χ0n) is 10.2. The number of rotatable bonds is 2. The van der Waals surface area contributed by atoms with E-state index < -0.39 is 11.6 Å². The Bertz CT molecular complexity index is 623. The second-order valence-electron chi connectivity index (χ2n) is 4.48. The number of nitrogens with zero attached hydrogens (tertiary/aromatic N) is 3. The van der Waals surface area contributed by atoms with Crippen molar-refractivity contribution in [2.24, 2.45) is 5.84 Å². The van der Waals surface area contributed by atoms with Gasteiger partial charge in [0.15, 0.2) is 23.3 Å². The molecule has 0 saturated heterocycles. The number of anilines is 1. The van der Waals surface area contributed by atoms with Gasteiger partial charge >= 0.3 is 0 Å². The molecule has 2 aromatic rings. The zero-order chi connectivity index (χ0) is 13.4. The van der Waals surface area contributed by atoms with Gasteiger partial charge in [0.2, 0.25) is 0 Å². The normalized spacial score (nSPS) is 14.3. The first-order chi connectivity index (χ1) is 9.20. The fourth-order valence-corrected chi connectivity index (χ4v) is 2.38. The van der Waals surface area contributed by atoms with Gasteiger partial charge in [0.05, 0.1) is 5.69 Å². The molecule has 0 spiro atoms. The summed E-state index contributed by atoms with van der Waals surface area (Å²) in [5.74, 6) is 3.44. The van der Waals surface area contributed by atoms with Gasteiger partial charge in [-0.25, -0.2) is 24.6 Å². The van der Waals surface area contributed by atoms with Crippen molar-refractivity contribution in [3.63, 3.8) is 0 Å². The number of hydrogen-bond donors (Lipinski definition) is 2. The molecule has 3 rings (SSSR count). The molecule has 0 aliphatic heterocycles. The van der Waals surface area contributed by atoms with Crippen LogP contribution >= 0.6 is 0 Å². The largest absolute Gasteiger partial charge is 0.306 e.